The molecular formula is C24H33N5O7. The van der Waals surface area contributed by atoms with Crippen LogP contribution in [0.2, 0.25) is 0 Å². The molecule has 0 spiro atoms. The van der Waals surface area contributed by atoms with Gasteiger partial charge in [-0.15, -0.1) is 0 Å². The predicted octanol–water partition coefficient (Wildman–Crippen LogP) is 3.50. The third-order valence-corrected chi connectivity index (χ3v) is 5.42. The van der Waals surface area contributed by atoms with Crippen LogP contribution in [0.15, 0.2) is 24.3 Å². The molecule has 1 fully saturated rings. The third kappa shape index (κ3) is 5.06. The number of nitrogens with zero attached hydrogens (tertiary/aromatic N) is 5. The Morgan fingerprint density at radius 2 is 1.67 bits per heavy atom. The number of ether oxygens (including phenoxy) is 4. The van der Waals surface area contributed by atoms with E-state index < -0.39 is 47.4 Å². The number of amides is 2. The first-order valence-corrected chi connectivity index (χ1v) is 11.7. The Morgan fingerprint density at radius 1 is 1.06 bits per heavy atom. The van der Waals surface area contributed by atoms with Gasteiger partial charge in [0.25, 0.3) is 0 Å². The molecule has 1 aliphatic heterocycles. The van der Waals surface area contributed by atoms with Crippen molar-refractivity contribution in [3.8, 4) is 0 Å². The number of carbonyl (C=O) groups is 2. The van der Waals surface area contributed by atoms with Crippen molar-refractivity contribution in [3.05, 3.63) is 24.3 Å². The molecule has 2 amide bonds. The number of carbonyl (C=O) groups excluding carboxylic acids is 2. The fourth-order valence-electron chi connectivity index (χ4n) is 4.20. The maximum Gasteiger partial charge on any atom is 0.425 e. The zero-order chi connectivity index (χ0) is 26.6. The van der Waals surface area contributed by atoms with Crippen molar-refractivity contribution in [2.45, 2.75) is 90.6 Å². The van der Waals surface area contributed by atoms with Crippen molar-refractivity contribution in [1.29, 1.82) is 0 Å². The van der Waals surface area contributed by atoms with E-state index in [1.54, 1.807) is 46.1 Å². The number of anilines is 1. The first-order valence-electron chi connectivity index (χ1n) is 11.7. The van der Waals surface area contributed by atoms with Gasteiger partial charge in [-0.1, -0.05) is 6.08 Å². The minimum Gasteiger partial charge on any atom is -0.443 e. The number of hydrogen-bond acceptors (Lipinski definition) is 10. The standard InChI is InChI=1S/C24H33N5O7/c1-22(2,3)35-20(31)29(21(32)36-23(4,5)6)19-15-18(25-11-26-19)28(12-27-15)14-9-13(10-30)16-17(14)34-24(7,8)33-16/h9,11-12,14,16-17,30H,10H2,1-8H3/t14-,16-,17+/m1/s1. The maximum absolute atomic E-state index is 13.1. The largest absolute Gasteiger partial charge is 0.443 e. The summed E-state index contributed by atoms with van der Waals surface area (Å²) >= 11 is 0. The van der Waals surface area contributed by atoms with E-state index in [-0.39, 0.29) is 17.9 Å². The van der Waals surface area contributed by atoms with Crippen LogP contribution in [0.1, 0.15) is 61.4 Å². The lowest BCUT2D eigenvalue weighted by atomic mass is 10.1. The highest BCUT2D eigenvalue weighted by Gasteiger charge is 2.50. The smallest absolute Gasteiger partial charge is 0.425 e. The molecule has 3 atom stereocenters. The number of hydrogen-bond donors (Lipinski definition) is 1. The Bertz CT molecular complexity index is 1180. The number of aliphatic hydroxyl groups excluding tert-OH is 1. The molecule has 12 heteroatoms. The summed E-state index contributed by atoms with van der Waals surface area (Å²) in [5, 5.41) is 9.87. The lowest BCUT2D eigenvalue weighted by molar-refractivity contribution is -0.148. The minimum absolute atomic E-state index is 0.0768. The van der Waals surface area contributed by atoms with Crippen molar-refractivity contribution in [2.75, 3.05) is 11.5 Å². The van der Waals surface area contributed by atoms with Gasteiger partial charge in [-0.3, -0.25) is 0 Å². The highest BCUT2D eigenvalue weighted by atomic mass is 16.8. The number of imide groups is 1. The average Bonchev–Trinajstić information content (AvgIpc) is 3.36. The van der Waals surface area contributed by atoms with Gasteiger partial charge < -0.3 is 28.6 Å². The first kappa shape index (κ1) is 26.0. The Hall–Kier alpha value is -3.09. The van der Waals surface area contributed by atoms with Gasteiger partial charge in [0, 0.05) is 0 Å². The second-order valence-electron chi connectivity index (χ2n) is 11.2. The second-order valence-corrected chi connectivity index (χ2v) is 11.2. The zero-order valence-corrected chi connectivity index (χ0v) is 21.8. The van der Waals surface area contributed by atoms with Crippen molar-refractivity contribution in [3.63, 3.8) is 0 Å². The number of aromatic nitrogens is 4. The topological polar surface area (TPSA) is 138 Å². The predicted molar refractivity (Wildman–Crippen MR) is 128 cm³/mol. The summed E-state index contributed by atoms with van der Waals surface area (Å²) in [6, 6.07) is -0.400. The monoisotopic (exact) mass is 503 g/mol. The summed E-state index contributed by atoms with van der Waals surface area (Å²) in [7, 11) is 0. The molecule has 12 nitrogen and oxygen atoms in total. The molecule has 0 saturated carbocycles. The molecule has 196 valence electrons. The molecule has 4 rings (SSSR count). The third-order valence-electron chi connectivity index (χ3n) is 5.42. The Kier molecular flexibility index (Phi) is 6.34. The number of fused-ring (bicyclic) bond motifs is 2. The highest BCUT2D eigenvalue weighted by molar-refractivity contribution is 6.12. The fraction of sp³-hybridized carbons (Fsp3) is 0.625. The van der Waals surface area contributed by atoms with Crippen LogP contribution in [0.5, 0.6) is 0 Å². The van der Waals surface area contributed by atoms with Gasteiger partial charge in [-0.05, 0) is 61.0 Å². The summed E-state index contributed by atoms with van der Waals surface area (Å²) in [6.45, 7) is 13.6. The van der Waals surface area contributed by atoms with Crippen molar-refractivity contribution < 1.29 is 33.6 Å². The summed E-state index contributed by atoms with van der Waals surface area (Å²) < 4.78 is 24.8. The van der Waals surface area contributed by atoms with Crippen LogP contribution in [0.3, 0.4) is 0 Å². The average molecular weight is 504 g/mol. The number of imidazole rings is 1. The van der Waals surface area contributed by atoms with Gasteiger partial charge in [-0.2, -0.15) is 4.90 Å². The van der Waals surface area contributed by atoms with Gasteiger partial charge in [0.2, 0.25) is 0 Å². The van der Waals surface area contributed by atoms with Crippen LogP contribution in [-0.2, 0) is 18.9 Å². The van der Waals surface area contributed by atoms with Crippen molar-refractivity contribution in [1.82, 2.24) is 19.5 Å². The Morgan fingerprint density at radius 3 is 2.22 bits per heavy atom. The minimum atomic E-state index is -0.955. The first-order chi connectivity index (χ1) is 16.6. The van der Waals surface area contributed by atoms with Crippen LogP contribution in [-0.4, -0.2) is 72.6 Å². The molecule has 1 saturated heterocycles. The quantitative estimate of drug-likeness (QED) is 0.619. The van der Waals surface area contributed by atoms with Gasteiger partial charge >= 0.3 is 12.2 Å². The van der Waals surface area contributed by atoms with Crippen LogP contribution in [0.4, 0.5) is 15.4 Å². The molecule has 1 N–H and O–H groups in total. The Balaban J connectivity index is 1.78. The van der Waals surface area contributed by atoms with E-state index in [0.717, 1.165) is 4.90 Å². The van der Waals surface area contributed by atoms with Gasteiger partial charge in [0.1, 0.15) is 29.7 Å². The van der Waals surface area contributed by atoms with E-state index in [1.165, 1.54) is 12.7 Å². The van der Waals surface area contributed by atoms with Crippen LogP contribution < -0.4 is 4.90 Å². The van der Waals surface area contributed by atoms with E-state index in [4.69, 9.17) is 18.9 Å². The molecule has 3 heterocycles. The molecule has 36 heavy (non-hydrogen) atoms. The van der Waals surface area contributed by atoms with Crippen LogP contribution in [0.25, 0.3) is 11.2 Å². The lowest BCUT2D eigenvalue weighted by Gasteiger charge is -2.28. The normalized spacial score (nSPS) is 23.4. The highest BCUT2D eigenvalue weighted by Crippen LogP contribution is 2.44. The summed E-state index contributed by atoms with van der Waals surface area (Å²) in [5.74, 6) is -0.907. The summed E-state index contributed by atoms with van der Waals surface area (Å²) in [6.07, 6.45) is 1.86. The molecule has 0 bridgehead atoms. The number of aliphatic hydroxyl groups is 1. The van der Waals surface area contributed by atoms with Crippen molar-refractivity contribution >= 4 is 29.2 Å². The molecule has 2 aliphatic rings. The molecule has 1 aliphatic carbocycles. The zero-order valence-electron chi connectivity index (χ0n) is 21.8. The second kappa shape index (κ2) is 8.79. The summed E-state index contributed by atoms with van der Waals surface area (Å²) in [4.78, 5) is 40.0. The Labute approximate surface area is 209 Å². The van der Waals surface area contributed by atoms with Gasteiger partial charge in [-0.25, -0.2) is 24.5 Å². The molecule has 0 aromatic carbocycles. The maximum atomic E-state index is 13.1. The molecule has 0 radical (unpaired) electrons. The van der Waals surface area contributed by atoms with E-state index in [1.807, 2.05) is 19.9 Å². The SMILES string of the molecule is CC(C)(C)OC(=O)N(C(=O)OC(C)(C)C)c1ncnc2c1ncn2[C@@H]1C=C(CO)[C@H]2OC(C)(C)O[C@H]21. The molecule has 2 aromatic heterocycles. The lowest BCUT2D eigenvalue weighted by Crippen LogP contribution is -2.44. The van der Waals surface area contributed by atoms with Crippen LogP contribution in [0, 0.1) is 0 Å². The molecule has 2 aromatic rings. The van der Waals surface area contributed by atoms with Crippen LogP contribution >= 0.6 is 0 Å². The van der Waals surface area contributed by atoms with Gasteiger partial charge in [0.15, 0.2) is 22.8 Å². The summed E-state index contributed by atoms with van der Waals surface area (Å²) in [5.41, 5.74) is -0.519. The van der Waals surface area contributed by atoms with Gasteiger partial charge in [0.05, 0.1) is 19.0 Å². The van der Waals surface area contributed by atoms with E-state index >= 15 is 0 Å². The van der Waals surface area contributed by atoms with E-state index in [0.29, 0.717) is 11.2 Å². The fourth-order valence-corrected chi connectivity index (χ4v) is 4.20. The van der Waals surface area contributed by atoms with E-state index in [2.05, 4.69) is 15.0 Å². The van der Waals surface area contributed by atoms with E-state index in [9.17, 15) is 14.7 Å². The number of rotatable bonds is 3. The van der Waals surface area contributed by atoms with Crippen molar-refractivity contribution in [2.24, 2.45) is 0 Å². The molecule has 0 unspecified atom stereocenters. The molecular weight excluding hydrogens is 470 g/mol.